The van der Waals surface area contributed by atoms with E-state index in [1.807, 2.05) is 60.7 Å². The van der Waals surface area contributed by atoms with Gasteiger partial charge in [-0.3, -0.25) is 0 Å². The van der Waals surface area contributed by atoms with Gasteiger partial charge in [0, 0.05) is 27.5 Å². The lowest BCUT2D eigenvalue weighted by atomic mass is 9.93. The van der Waals surface area contributed by atoms with Gasteiger partial charge in [0.2, 0.25) is 0 Å². The first kappa shape index (κ1) is 25.4. The van der Waals surface area contributed by atoms with Crippen LogP contribution < -0.4 is 0 Å². The molecule has 4 heteroatoms. The van der Waals surface area contributed by atoms with Crippen molar-refractivity contribution in [1.29, 1.82) is 0 Å². The van der Waals surface area contributed by atoms with Crippen LogP contribution in [0.2, 0.25) is 0 Å². The summed E-state index contributed by atoms with van der Waals surface area (Å²) in [6, 6.07) is 52.3. The van der Waals surface area contributed by atoms with E-state index < -0.39 is 0 Å². The van der Waals surface area contributed by atoms with Gasteiger partial charge < -0.3 is 4.42 Å². The van der Waals surface area contributed by atoms with E-state index in [4.69, 9.17) is 19.4 Å². The number of aromatic nitrogens is 3. The van der Waals surface area contributed by atoms with Crippen LogP contribution in [0.25, 0.3) is 88.8 Å². The van der Waals surface area contributed by atoms with Gasteiger partial charge in [-0.25, -0.2) is 15.0 Å². The van der Waals surface area contributed by atoms with E-state index in [9.17, 15) is 0 Å². The molecule has 0 fully saturated rings. The molecule has 0 aliphatic carbocycles. The molecule has 9 rings (SSSR count). The van der Waals surface area contributed by atoms with Crippen molar-refractivity contribution in [3.63, 3.8) is 0 Å². The molecule has 2 heterocycles. The summed E-state index contributed by atoms with van der Waals surface area (Å²) in [4.78, 5) is 15.2. The van der Waals surface area contributed by atoms with Crippen LogP contribution in [-0.4, -0.2) is 15.0 Å². The molecule has 0 amide bonds. The second-order valence-electron chi connectivity index (χ2n) is 11.2. The number of rotatable bonds is 4. The fourth-order valence-electron chi connectivity index (χ4n) is 6.41. The molecule has 0 spiro atoms. The number of benzene rings is 7. The molecule has 2 aromatic heterocycles. The first-order valence-electron chi connectivity index (χ1n) is 15.0. The lowest BCUT2D eigenvalue weighted by molar-refractivity contribution is 0.669. The van der Waals surface area contributed by atoms with Crippen LogP contribution in [0.5, 0.6) is 0 Å². The number of fused-ring (bicyclic) bond motifs is 5. The summed E-state index contributed by atoms with van der Waals surface area (Å²) in [5, 5.41) is 6.80. The Morgan fingerprint density at radius 3 is 1.78 bits per heavy atom. The molecule has 0 bridgehead atoms. The average molecular weight is 576 g/mol. The number of nitrogens with zero attached hydrogens (tertiary/aromatic N) is 3. The highest BCUT2D eigenvalue weighted by Gasteiger charge is 2.18. The van der Waals surface area contributed by atoms with Gasteiger partial charge in [-0.2, -0.15) is 0 Å². The van der Waals surface area contributed by atoms with Crippen LogP contribution in [0.4, 0.5) is 0 Å². The Hall–Kier alpha value is -6.13. The molecular formula is C41H25N3O. The predicted octanol–water partition coefficient (Wildman–Crippen LogP) is 10.7. The highest BCUT2D eigenvalue weighted by atomic mass is 16.3. The van der Waals surface area contributed by atoms with E-state index in [1.54, 1.807) is 0 Å². The van der Waals surface area contributed by atoms with Gasteiger partial charge in [-0.15, -0.1) is 0 Å². The van der Waals surface area contributed by atoms with Crippen molar-refractivity contribution >= 4 is 43.5 Å². The van der Waals surface area contributed by atoms with Crippen molar-refractivity contribution in [2.75, 3.05) is 0 Å². The zero-order valence-electron chi connectivity index (χ0n) is 24.2. The lowest BCUT2D eigenvalue weighted by Crippen LogP contribution is -2.00. The topological polar surface area (TPSA) is 51.8 Å². The molecule has 4 nitrogen and oxygen atoms in total. The standard InChI is InChI=1S/C41H25N3O/c1-2-12-28(13-3-1)39-42-40(44-41(43-39)34-20-10-22-37-38(34)33-17-6-7-21-36(33)45-37)29-24-23-27-15-9-19-32(35(27)25-29)31-18-8-14-26-11-4-5-16-30(26)31/h1-25H. The molecule has 0 N–H and O–H groups in total. The second-order valence-corrected chi connectivity index (χ2v) is 11.2. The van der Waals surface area contributed by atoms with Gasteiger partial charge >= 0.3 is 0 Å². The van der Waals surface area contributed by atoms with Crippen LogP contribution in [0.15, 0.2) is 156 Å². The third-order valence-corrected chi connectivity index (χ3v) is 8.53. The fraction of sp³-hybridized carbons (Fsp3) is 0. The van der Waals surface area contributed by atoms with Crippen molar-refractivity contribution in [1.82, 2.24) is 15.0 Å². The van der Waals surface area contributed by atoms with Crippen molar-refractivity contribution in [3.05, 3.63) is 152 Å². The van der Waals surface area contributed by atoms with E-state index >= 15 is 0 Å². The molecule has 7 aromatic carbocycles. The van der Waals surface area contributed by atoms with E-state index in [0.29, 0.717) is 17.5 Å². The maximum atomic E-state index is 6.21. The van der Waals surface area contributed by atoms with Gasteiger partial charge in [0.25, 0.3) is 0 Å². The minimum atomic E-state index is 0.610. The van der Waals surface area contributed by atoms with Gasteiger partial charge in [0.15, 0.2) is 17.5 Å². The Labute approximate surface area is 259 Å². The summed E-state index contributed by atoms with van der Waals surface area (Å²) < 4.78 is 6.21. The normalized spacial score (nSPS) is 11.6. The average Bonchev–Trinajstić information content (AvgIpc) is 3.50. The maximum absolute atomic E-state index is 6.21. The molecule has 0 aliphatic heterocycles. The summed E-state index contributed by atoms with van der Waals surface area (Å²) >= 11 is 0. The van der Waals surface area contributed by atoms with Crippen molar-refractivity contribution in [2.45, 2.75) is 0 Å². The number of furan rings is 1. The Bertz CT molecular complexity index is 2540. The molecular weight excluding hydrogens is 550 g/mol. The smallest absolute Gasteiger partial charge is 0.164 e. The molecule has 9 aromatic rings. The zero-order chi connectivity index (χ0) is 29.7. The number of hydrogen-bond acceptors (Lipinski definition) is 4. The van der Waals surface area contributed by atoms with Gasteiger partial charge in [0.1, 0.15) is 11.2 Å². The van der Waals surface area contributed by atoms with E-state index in [2.05, 4.69) is 91.0 Å². The summed E-state index contributed by atoms with van der Waals surface area (Å²) in [5.41, 5.74) is 6.81. The van der Waals surface area contributed by atoms with Crippen LogP contribution in [-0.2, 0) is 0 Å². The van der Waals surface area contributed by atoms with E-state index in [0.717, 1.165) is 49.4 Å². The summed E-state index contributed by atoms with van der Waals surface area (Å²) in [5.74, 6) is 1.86. The molecule has 0 saturated heterocycles. The largest absolute Gasteiger partial charge is 0.456 e. The quantitative estimate of drug-likeness (QED) is 0.209. The highest BCUT2D eigenvalue weighted by Crippen LogP contribution is 2.38. The van der Waals surface area contributed by atoms with Crippen molar-refractivity contribution in [2.24, 2.45) is 0 Å². The van der Waals surface area contributed by atoms with Crippen molar-refractivity contribution in [3.8, 4) is 45.3 Å². The van der Waals surface area contributed by atoms with Gasteiger partial charge in [-0.05, 0) is 50.9 Å². The minimum absolute atomic E-state index is 0.610. The predicted molar refractivity (Wildman–Crippen MR) is 184 cm³/mol. The van der Waals surface area contributed by atoms with Gasteiger partial charge in [0.05, 0.1) is 0 Å². The molecule has 0 aliphatic rings. The Morgan fingerprint density at radius 2 is 0.933 bits per heavy atom. The third kappa shape index (κ3) is 4.27. The third-order valence-electron chi connectivity index (χ3n) is 8.53. The molecule has 210 valence electrons. The Morgan fingerprint density at radius 1 is 0.356 bits per heavy atom. The maximum Gasteiger partial charge on any atom is 0.164 e. The SMILES string of the molecule is c1ccc(-c2nc(-c3ccc4cccc(-c5cccc6ccccc56)c4c3)nc(-c3cccc4oc5ccccc5c34)n2)cc1. The highest BCUT2D eigenvalue weighted by molar-refractivity contribution is 6.12. The summed E-state index contributed by atoms with van der Waals surface area (Å²) in [7, 11) is 0. The van der Waals surface area contributed by atoms with Crippen molar-refractivity contribution < 1.29 is 4.42 Å². The number of hydrogen-bond donors (Lipinski definition) is 0. The van der Waals surface area contributed by atoms with E-state index in [1.165, 1.54) is 21.9 Å². The molecule has 0 radical (unpaired) electrons. The number of para-hydroxylation sites is 1. The summed E-state index contributed by atoms with van der Waals surface area (Å²) in [6.45, 7) is 0. The van der Waals surface area contributed by atoms with Crippen LogP contribution in [0.3, 0.4) is 0 Å². The second kappa shape index (κ2) is 10.2. The molecule has 45 heavy (non-hydrogen) atoms. The van der Waals surface area contributed by atoms with E-state index in [-0.39, 0.29) is 0 Å². The molecule has 0 saturated carbocycles. The Kier molecular flexibility index (Phi) is 5.78. The lowest BCUT2D eigenvalue weighted by Gasteiger charge is -2.13. The van der Waals surface area contributed by atoms with Crippen LogP contribution in [0, 0.1) is 0 Å². The summed E-state index contributed by atoms with van der Waals surface area (Å²) in [6.07, 6.45) is 0. The minimum Gasteiger partial charge on any atom is -0.456 e. The Balaban J connectivity index is 1.29. The monoisotopic (exact) mass is 575 g/mol. The fourth-order valence-corrected chi connectivity index (χ4v) is 6.41. The molecule has 0 unspecified atom stereocenters. The van der Waals surface area contributed by atoms with Gasteiger partial charge in [-0.1, -0.05) is 133 Å². The zero-order valence-corrected chi connectivity index (χ0v) is 24.2. The molecule has 0 atom stereocenters. The van der Waals surface area contributed by atoms with Crippen LogP contribution in [0.1, 0.15) is 0 Å². The first-order valence-corrected chi connectivity index (χ1v) is 15.0. The van der Waals surface area contributed by atoms with Crippen LogP contribution >= 0.6 is 0 Å². The first-order chi connectivity index (χ1) is 22.3.